The third-order valence-corrected chi connectivity index (χ3v) is 6.39. The number of amides is 1. The first-order chi connectivity index (χ1) is 15.0. The van der Waals surface area contributed by atoms with Gasteiger partial charge >= 0.3 is 0 Å². The smallest absolute Gasteiger partial charge is 0.225 e. The summed E-state index contributed by atoms with van der Waals surface area (Å²) in [6.45, 7) is 1.59. The topological polar surface area (TPSA) is 58.6 Å². The second kappa shape index (κ2) is 9.50. The molecular formula is C25H32N4O2. The second-order valence-corrected chi connectivity index (χ2v) is 8.72. The molecule has 0 saturated carbocycles. The summed E-state index contributed by atoms with van der Waals surface area (Å²) in [5.41, 5.74) is 3.23. The summed E-state index contributed by atoms with van der Waals surface area (Å²) in [6.07, 6.45) is 11.1. The fourth-order valence-corrected chi connectivity index (χ4v) is 4.53. The number of likely N-dealkylation sites (tertiary alicyclic amines) is 1. The summed E-state index contributed by atoms with van der Waals surface area (Å²) in [5.74, 6) is 2.59. The van der Waals surface area contributed by atoms with Gasteiger partial charge in [0.15, 0.2) is 0 Å². The minimum atomic E-state index is 0.294. The van der Waals surface area contributed by atoms with E-state index in [2.05, 4.69) is 29.3 Å². The van der Waals surface area contributed by atoms with Crippen LogP contribution in [0.25, 0.3) is 11.1 Å². The van der Waals surface area contributed by atoms with Crippen LogP contribution in [0.3, 0.4) is 0 Å². The highest BCUT2D eigenvalue weighted by Gasteiger charge is 2.28. The maximum Gasteiger partial charge on any atom is 0.225 e. The lowest BCUT2D eigenvalue weighted by molar-refractivity contribution is -0.132. The molecule has 1 aromatic carbocycles. The van der Waals surface area contributed by atoms with Gasteiger partial charge in [-0.1, -0.05) is 24.3 Å². The van der Waals surface area contributed by atoms with E-state index >= 15 is 0 Å². The number of carbonyl (C=O) groups is 1. The molecule has 1 saturated heterocycles. The molecule has 1 atom stereocenters. The SMILES string of the molecule is COc1ccc(-c2cnc(N(C)C)nc2C2CCN(C(=O)CC3C=CCC3)CC2)cc1. The minimum absolute atomic E-state index is 0.294. The van der Waals surface area contributed by atoms with Gasteiger partial charge in [-0.25, -0.2) is 9.97 Å². The van der Waals surface area contributed by atoms with Crippen LogP contribution in [0.1, 0.15) is 43.7 Å². The van der Waals surface area contributed by atoms with Gasteiger partial charge in [-0.2, -0.15) is 0 Å². The van der Waals surface area contributed by atoms with E-state index in [1.54, 1.807) is 7.11 Å². The number of allylic oxidation sites excluding steroid dienone is 2. The van der Waals surface area contributed by atoms with Gasteiger partial charge in [0.05, 0.1) is 12.8 Å². The number of carbonyl (C=O) groups excluding carboxylic acids is 1. The summed E-state index contributed by atoms with van der Waals surface area (Å²) in [6, 6.07) is 8.06. The lowest BCUT2D eigenvalue weighted by Gasteiger charge is -2.33. The Hall–Kier alpha value is -2.89. The number of rotatable bonds is 6. The molecule has 0 N–H and O–H groups in total. The van der Waals surface area contributed by atoms with Crippen LogP contribution in [-0.2, 0) is 4.79 Å². The molecule has 4 rings (SSSR count). The normalized spacial score (nSPS) is 18.9. The average Bonchev–Trinajstić information content (AvgIpc) is 3.32. The maximum atomic E-state index is 12.7. The molecule has 2 aliphatic rings. The Kier molecular flexibility index (Phi) is 6.54. The highest BCUT2D eigenvalue weighted by molar-refractivity contribution is 5.77. The van der Waals surface area contributed by atoms with Crippen molar-refractivity contribution in [3.8, 4) is 16.9 Å². The number of ether oxygens (including phenoxy) is 1. The summed E-state index contributed by atoms with van der Waals surface area (Å²) in [5, 5.41) is 0. The van der Waals surface area contributed by atoms with E-state index in [4.69, 9.17) is 9.72 Å². The Morgan fingerprint density at radius 3 is 2.52 bits per heavy atom. The quantitative estimate of drug-likeness (QED) is 0.653. The Morgan fingerprint density at radius 2 is 1.90 bits per heavy atom. The molecule has 2 heterocycles. The first-order valence-corrected chi connectivity index (χ1v) is 11.2. The van der Waals surface area contributed by atoms with E-state index in [0.29, 0.717) is 24.2 Å². The lowest BCUT2D eigenvalue weighted by atomic mass is 9.88. The molecule has 2 aromatic rings. The molecule has 1 fully saturated rings. The summed E-state index contributed by atoms with van der Waals surface area (Å²) < 4.78 is 5.30. The van der Waals surface area contributed by atoms with Crippen molar-refractivity contribution >= 4 is 11.9 Å². The van der Waals surface area contributed by atoms with E-state index in [0.717, 1.165) is 67.3 Å². The Morgan fingerprint density at radius 1 is 1.16 bits per heavy atom. The monoisotopic (exact) mass is 420 g/mol. The van der Waals surface area contributed by atoms with Crippen LogP contribution < -0.4 is 9.64 Å². The maximum absolute atomic E-state index is 12.7. The Labute approximate surface area is 184 Å². The Bertz CT molecular complexity index is 931. The molecule has 1 aliphatic heterocycles. The molecule has 31 heavy (non-hydrogen) atoms. The molecular weight excluding hydrogens is 388 g/mol. The number of benzene rings is 1. The van der Waals surface area contributed by atoms with Crippen molar-refractivity contribution < 1.29 is 9.53 Å². The molecule has 0 bridgehead atoms. The highest BCUT2D eigenvalue weighted by atomic mass is 16.5. The van der Waals surface area contributed by atoms with Crippen molar-refractivity contribution in [1.82, 2.24) is 14.9 Å². The predicted octanol–water partition coefficient (Wildman–Crippen LogP) is 4.28. The van der Waals surface area contributed by atoms with Gasteiger partial charge in [-0.3, -0.25) is 4.79 Å². The predicted molar refractivity (Wildman–Crippen MR) is 123 cm³/mol. The fourth-order valence-electron chi connectivity index (χ4n) is 4.53. The number of aromatic nitrogens is 2. The van der Waals surface area contributed by atoms with Gasteiger partial charge in [0.25, 0.3) is 0 Å². The van der Waals surface area contributed by atoms with Crippen molar-refractivity contribution in [2.75, 3.05) is 39.2 Å². The first-order valence-electron chi connectivity index (χ1n) is 11.2. The summed E-state index contributed by atoms with van der Waals surface area (Å²) in [7, 11) is 5.60. The zero-order valence-corrected chi connectivity index (χ0v) is 18.8. The highest BCUT2D eigenvalue weighted by Crippen LogP contribution is 2.35. The van der Waals surface area contributed by atoms with Gasteiger partial charge in [0.1, 0.15) is 5.75 Å². The first kappa shape index (κ1) is 21.3. The standard InChI is InChI=1S/C25H32N4O2/c1-28(2)25-26-17-22(19-8-10-21(31-3)11-9-19)24(27-25)20-12-14-29(15-13-20)23(30)16-18-6-4-5-7-18/h4,6,8-11,17-18,20H,5,7,12-16H2,1-3H3. The van der Waals surface area contributed by atoms with Crippen molar-refractivity contribution in [1.29, 1.82) is 0 Å². The van der Waals surface area contributed by atoms with Crippen LogP contribution in [0.15, 0.2) is 42.6 Å². The van der Waals surface area contributed by atoms with E-state index in [1.165, 1.54) is 0 Å². The number of piperidine rings is 1. The van der Waals surface area contributed by atoms with Gasteiger partial charge < -0.3 is 14.5 Å². The van der Waals surface area contributed by atoms with Crippen LogP contribution in [-0.4, -0.2) is 55.1 Å². The molecule has 6 heteroatoms. The average molecular weight is 421 g/mol. The largest absolute Gasteiger partial charge is 0.497 e. The van der Waals surface area contributed by atoms with Crippen LogP contribution in [0.5, 0.6) is 5.75 Å². The molecule has 1 unspecified atom stereocenters. The van der Waals surface area contributed by atoms with Crippen molar-refractivity contribution in [3.05, 3.63) is 48.3 Å². The van der Waals surface area contributed by atoms with Crippen molar-refractivity contribution in [2.24, 2.45) is 5.92 Å². The van der Waals surface area contributed by atoms with E-state index in [1.807, 2.05) is 42.2 Å². The number of nitrogens with zero attached hydrogens (tertiary/aromatic N) is 4. The van der Waals surface area contributed by atoms with Crippen molar-refractivity contribution in [3.63, 3.8) is 0 Å². The van der Waals surface area contributed by atoms with E-state index < -0.39 is 0 Å². The van der Waals surface area contributed by atoms with Gasteiger partial charge in [-0.05, 0) is 49.3 Å². The van der Waals surface area contributed by atoms with E-state index in [9.17, 15) is 4.79 Å². The molecule has 1 amide bonds. The zero-order chi connectivity index (χ0) is 21.8. The van der Waals surface area contributed by atoms with Crippen LogP contribution in [0, 0.1) is 5.92 Å². The molecule has 164 valence electrons. The third-order valence-electron chi connectivity index (χ3n) is 6.39. The van der Waals surface area contributed by atoms with Gasteiger partial charge in [0, 0.05) is 51.3 Å². The van der Waals surface area contributed by atoms with Gasteiger partial charge in [-0.15, -0.1) is 0 Å². The molecule has 0 radical (unpaired) electrons. The lowest BCUT2D eigenvalue weighted by Crippen LogP contribution is -2.38. The second-order valence-electron chi connectivity index (χ2n) is 8.72. The van der Waals surface area contributed by atoms with Crippen LogP contribution in [0.4, 0.5) is 5.95 Å². The number of hydrogen-bond donors (Lipinski definition) is 0. The summed E-state index contributed by atoms with van der Waals surface area (Å²) >= 11 is 0. The number of anilines is 1. The molecule has 6 nitrogen and oxygen atoms in total. The zero-order valence-electron chi connectivity index (χ0n) is 18.8. The van der Waals surface area contributed by atoms with Crippen molar-refractivity contribution in [2.45, 2.75) is 38.0 Å². The number of methoxy groups -OCH3 is 1. The molecule has 1 aliphatic carbocycles. The number of hydrogen-bond acceptors (Lipinski definition) is 5. The molecule has 0 spiro atoms. The van der Waals surface area contributed by atoms with Crippen LogP contribution in [0.2, 0.25) is 0 Å². The van der Waals surface area contributed by atoms with Gasteiger partial charge in [0.2, 0.25) is 11.9 Å². The summed E-state index contributed by atoms with van der Waals surface area (Å²) in [4.78, 5) is 26.2. The Balaban J connectivity index is 1.51. The fraction of sp³-hybridized carbons (Fsp3) is 0.480. The minimum Gasteiger partial charge on any atom is -0.497 e. The third kappa shape index (κ3) is 4.89. The van der Waals surface area contributed by atoms with Crippen LogP contribution >= 0.6 is 0 Å². The van der Waals surface area contributed by atoms with E-state index in [-0.39, 0.29) is 0 Å². The molecule has 1 aromatic heterocycles.